The summed E-state index contributed by atoms with van der Waals surface area (Å²) in [5, 5.41) is 0. The minimum atomic E-state index is 0.232. The lowest BCUT2D eigenvalue weighted by Gasteiger charge is -2.37. The number of hydrogen-bond donors (Lipinski definition) is 1. The summed E-state index contributed by atoms with van der Waals surface area (Å²) < 4.78 is 0. The molecule has 20 heavy (non-hydrogen) atoms. The summed E-state index contributed by atoms with van der Waals surface area (Å²) in [7, 11) is 0. The van der Waals surface area contributed by atoms with Gasteiger partial charge in [-0.3, -0.25) is 9.69 Å². The fourth-order valence-electron chi connectivity index (χ4n) is 2.67. The third kappa shape index (κ3) is 3.81. The molecule has 1 aromatic carbocycles. The van der Waals surface area contributed by atoms with Crippen LogP contribution in [0.5, 0.6) is 0 Å². The van der Waals surface area contributed by atoms with Crippen molar-refractivity contribution in [2.24, 2.45) is 5.73 Å². The molecule has 1 fully saturated rings. The summed E-state index contributed by atoms with van der Waals surface area (Å²) in [4.78, 5) is 16.6. The van der Waals surface area contributed by atoms with Crippen molar-refractivity contribution >= 4 is 5.91 Å². The monoisotopic (exact) mass is 275 g/mol. The molecule has 1 saturated heterocycles. The normalized spacial score (nSPS) is 18.1. The fourth-order valence-corrected chi connectivity index (χ4v) is 2.67. The van der Waals surface area contributed by atoms with Gasteiger partial charge in [0.25, 0.3) is 0 Å². The molecule has 1 heterocycles. The van der Waals surface area contributed by atoms with Crippen molar-refractivity contribution in [3.63, 3.8) is 0 Å². The molecule has 2 rings (SSSR count). The summed E-state index contributed by atoms with van der Waals surface area (Å²) in [6, 6.07) is 8.59. The van der Waals surface area contributed by atoms with E-state index in [0.29, 0.717) is 19.0 Å². The van der Waals surface area contributed by atoms with E-state index in [2.05, 4.69) is 30.9 Å². The van der Waals surface area contributed by atoms with Crippen LogP contribution in [-0.4, -0.2) is 54.5 Å². The van der Waals surface area contributed by atoms with Gasteiger partial charge in [0.1, 0.15) is 0 Å². The molecule has 0 aliphatic carbocycles. The molecule has 1 atom stereocenters. The Labute approximate surface area is 121 Å². The Hall–Kier alpha value is -1.39. The van der Waals surface area contributed by atoms with Crippen LogP contribution in [0.2, 0.25) is 0 Å². The van der Waals surface area contributed by atoms with Gasteiger partial charge in [0, 0.05) is 38.8 Å². The zero-order valence-electron chi connectivity index (χ0n) is 12.5. The average molecular weight is 275 g/mol. The largest absolute Gasteiger partial charge is 0.340 e. The Balaban J connectivity index is 1.86. The van der Waals surface area contributed by atoms with Crippen LogP contribution < -0.4 is 5.73 Å². The highest BCUT2D eigenvalue weighted by atomic mass is 16.2. The molecule has 4 heteroatoms. The lowest BCUT2D eigenvalue weighted by molar-refractivity contribution is -0.132. The van der Waals surface area contributed by atoms with Crippen LogP contribution in [0.15, 0.2) is 24.3 Å². The van der Waals surface area contributed by atoms with E-state index < -0.39 is 0 Å². The zero-order chi connectivity index (χ0) is 14.5. The van der Waals surface area contributed by atoms with Gasteiger partial charge in [0.15, 0.2) is 0 Å². The molecule has 1 aliphatic heterocycles. The van der Waals surface area contributed by atoms with Crippen molar-refractivity contribution in [3.8, 4) is 0 Å². The molecule has 2 N–H and O–H groups in total. The summed E-state index contributed by atoms with van der Waals surface area (Å²) in [6.07, 6.45) is 0.508. The molecule has 1 aliphatic rings. The maximum atomic E-state index is 12.3. The molecule has 0 bridgehead atoms. The van der Waals surface area contributed by atoms with Gasteiger partial charge < -0.3 is 10.6 Å². The van der Waals surface area contributed by atoms with Crippen LogP contribution in [0.3, 0.4) is 0 Å². The molecule has 110 valence electrons. The number of rotatable bonds is 4. The first-order chi connectivity index (χ1) is 9.60. The van der Waals surface area contributed by atoms with Gasteiger partial charge in [-0.2, -0.15) is 0 Å². The first-order valence-corrected chi connectivity index (χ1v) is 7.37. The third-order valence-electron chi connectivity index (χ3n) is 4.07. The maximum absolute atomic E-state index is 12.3. The summed E-state index contributed by atoms with van der Waals surface area (Å²) in [5.74, 6) is 0.232. The van der Waals surface area contributed by atoms with Crippen LogP contribution in [0.1, 0.15) is 18.1 Å². The number of aryl methyl sites for hydroxylation is 1. The molecule has 0 radical (unpaired) electrons. The minimum absolute atomic E-state index is 0.232. The highest BCUT2D eigenvalue weighted by molar-refractivity contribution is 5.78. The first-order valence-electron chi connectivity index (χ1n) is 7.37. The summed E-state index contributed by atoms with van der Waals surface area (Å²) in [6.45, 7) is 8.36. The molecular weight excluding hydrogens is 250 g/mol. The number of nitrogens with zero attached hydrogens (tertiary/aromatic N) is 2. The second kappa shape index (κ2) is 6.86. The predicted molar refractivity (Wildman–Crippen MR) is 81.6 cm³/mol. The Bertz CT molecular complexity index is 453. The second-order valence-electron chi connectivity index (χ2n) is 5.67. The number of nitrogens with two attached hydrogens (primary N) is 1. The highest BCUT2D eigenvalue weighted by Crippen LogP contribution is 2.10. The molecule has 0 aromatic heterocycles. The average Bonchev–Trinajstić information content (AvgIpc) is 2.46. The number of carbonyl (C=O) groups is 1. The van der Waals surface area contributed by atoms with E-state index in [1.165, 1.54) is 5.56 Å². The van der Waals surface area contributed by atoms with Gasteiger partial charge in [0.05, 0.1) is 6.42 Å². The standard InChI is InChI=1S/C16H25N3O/c1-13-4-3-5-15(10-13)11-16(20)19-8-6-18(7-9-19)14(2)12-17/h3-5,10,14H,6-9,11-12,17H2,1-2H3. The van der Waals surface area contributed by atoms with Gasteiger partial charge >= 0.3 is 0 Å². The molecule has 4 nitrogen and oxygen atoms in total. The molecule has 1 aromatic rings. The lowest BCUT2D eigenvalue weighted by atomic mass is 10.1. The van der Waals surface area contributed by atoms with E-state index in [1.807, 2.05) is 17.0 Å². The summed E-state index contributed by atoms with van der Waals surface area (Å²) >= 11 is 0. The number of piperazine rings is 1. The van der Waals surface area contributed by atoms with E-state index >= 15 is 0 Å². The zero-order valence-corrected chi connectivity index (χ0v) is 12.5. The maximum Gasteiger partial charge on any atom is 0.227 e. The Kier molecular flexibility index (Phi) is 5.15. The van der Waals surface area contributed by atoms with Gasteiger partial charge in [-0.1, -0.05) is 29.8 Å². The van der Waals surface area contributed by atoms with Crippen LogP contribution in [0.25, 0.3) is 0 Å². The van der Waals surface area contributed by atoms with Crippen LogP contribution in [0.4, 0.5) is 0 Å². The van der Waals surface area contributed by atoms with E-state index in [4.69, 9.17) is 5.73 Å². The minimum Gasteiger partial charge on any atom is -0.340 e. The Morgan fingerprint density at radius 1 is 1.30 bits per heavy atom. The second-order valence-corrected chi connectivity index (χ2v) is 5.67. The Morgan fingerprint density at radius 2 is 2.00 bits per heavy atom. The number of benzene rings is 1. The van der Waals surface area contributed by atoms with Gasteiger partial charge in [0.2, 0.25) is 5.91 Å². The smallest absolute Gasteiger partial charge is 0.227 e. The predicted octanol–water partition coefficient (Wildman–Crippen LogP) is 1.03. The summed E-state index contributed by atoms with van der Waals surface area (Å²) in [5.41, 5.74) is 8.00. The SMILES string of the molecule is Cc1cccc(CC(=O)N2CCN(C(C)CN)CC2)c1. The van der Waals surface area contributed by atoms with E-state index in [0.717, 1.165) is 31.7 Å². The topological polar surface area (TPSA) is 49.6 Å². The molecule has 0 saturated carbocycles. The van der Waals surface area contributed by atoms with Crippen molar-refractivity contribution in [1.82, 2.24) is 9.80 Å². The first kappa shape index (κ1) is 15.0. The van der Waals surface area contributed by atoms with Gasteiger partial charge in [-0.25, -0.2) is 0 Å². The van der Waals surface area contributed by atoms with Crippen molar-refractivity contribution < 1.29 is 4.79 Å². The molecule has 1 amide bonds. The number of hydrogen-bond acceptors (Lipinski definition) is 3. The van der Waals surface area contributed by atoms with Gasteiger partial charge in [-0.15, -0.1) is 0 Å². The van der Waals surface area contributed by atoms with Crippen LogP contribution in [-0.2, 0) is 11.2 Å². The van der Waals surface area contributed by atoms with Gasteiger partial charge in [-0.05, 0) is 19.4 Å². The number of carbonyl (C=O) groups excluding carboxylic acids is 1. The van der Waals surface area contributed by atoms with Crippen molar-refractivity contribution in [2.75, 3.05) is 32.7 Å². The van der Waals surface area contributed by atoms with E-state index in [9.17, 15) is 4.79 Å². The molecule has 0 spiro atoms. The van der Waals surface area contributed by atoms with E-state index in [1.54, 1.807) is 0 Å². The van der Waals surface area contributed by atoms with Crippen LogP contribution in [0, 0.1) is 6.92 Å². The molecule has 1 unspecified atom stereocenters. The quantitative estimate of drug-likeness (QED) is 0.893. The Morgan fingerprint density at radius 3 is 2.60 bits per heavy atom. The third-order valence-corrected chi connectivity index (χ3v) is 4.07. The van der Waals surface area contributed by atoms with Crippen molar-refractivity contribution in [2.45, 2.75) is 26.3 Å². The van der Waals surface area contributed by atoms with Crippen LogP contribution >= 0.6 is 0 Å². The highest BCUT2D eigenvalue weighted by Gasteiger charge is 2.23. The molecular formula is C16H25N3O. The van der Waals surface area contributed by atoms with Crippen molar-refractivity contribution in [3.05, 3.63) is 35.4 Å². The van der Waals surface area contributed by atoms with Crippen molar-refractivity contribution in [1.29, 1.82) is 0 Å². The number of amides is 1. The van der Waals surface area contributed by atoms with E-state index in [-0.39, 0.29) is 5.91 Å². The fraction of sp³-hybridized carbons (Fsp3) is 0.562. The lowest BCUT2D eigenvalue weighted by Crippen LogP contribution is -2.53.